The molecule has 0 radical (unpaired) electrons. The molecule has 0 saturated heterocycles. The van der Waals surface area contributed by atoms with E-state index in [2.05, 4.69) is 5.32 Å². The minimum Gasteiger partial charge on any atom is -0.548 e. The maximum atomic E-state index is 12.4. The first kappa shape index (κ1) is 20.9. The van der Waals surface area contributed by atoms with Crippen LogP contribution < -0.4 is 20.8 Å². The molecule has 1 aliphatic carbocycles. The fourth-order valence-electron chi connectivity index (χ4n) is 3.82. The molecular formula is C22H26NO6-. The van der Waals surface area contributed by atoms with Crippen LogP contribution in [0.3, 0.4) is 0 Å². The number of hydrogen-bond acceptors (Lipinski definition) is 6. The third kappa shape index (κ3) is 4.28. The lowest BCUT2D eigenvalue weighted by molar-refractivity contribution is -0.308. The Morgan fingerprint density at radius 2 is 1.93 bits per heavy atom. The average Bonchev–Trinajstić information content (AvgIpc) is 2.70. The summed E-state index contributed by atoms with van der Waals surface area (Å²) in [6.45, 7) is 5.15. The normalized spacial score (nSPS) is 15.4. The summed E-state index contributed by atoms with van der Waals surface area (Å²) in [7, 11) is 0. The largest absolute Gasteiger partial charge is 0.548 e. The van der Waals surface area contributed by atoms with Crippen LogP contribution in [-0.2, 0) is 22.4 Å². The Bertz CT molecular complexity index is 993. The number of carboxylic acid groups (broad SMARTS) is 1. The fraction of sp³-hybridized carbons (Fsp3) is 0.500. The van der Waals surface area contributed by atoms with Gasteiger partial charge >= 0.3 is 5.63 Å². The second-order valence-electron chi connectivity index (χ2n) is 7.55. The standard InChI is InChI=1S/C22H27NO6/c1-4-7-17(21(25)26)23-20(24)13(3)28-18-11-10-15-14-8-5-6-9-16(14)22(27)29-19(15)12(18)2/h10-11,13,17H,4-9H2,1-3H3,(H,23,24)(H,25,26)/p-1/t13-,17-/m0/s1. The van der Waals surface area contributed by atoms with Gasteiger partial charge in [-0.1, -0.05) is 13.3 Å². The number of hydrogen-bond donors (Lipinski definition) is 1. The van der Waals surface area contributed by atoms with Crippen molar-refractivity contribution in [3.63, 3.8) is 0 Å². The number of rotatable bonds is 7. The minimum absolute atomic E-state index is 0.284. The number of aliphatic carboxylic acids is 1. The highest BCUT2D eigenvalue weighted by molar-refractivity contribution is 5.87. The highest BCUT2D eigenvalue weighted by atomic mass is 16.5. The van der Waals surface area contributed by atoms with Gasteiger partial charge in [0.1, 0.15) is 11.3 Å². The molecule has 1 aromatic heterocycles. The van der Waals surface area contributed by atoms with Gasteiger partial charge in [0.15, 0.2) is 6.10 Å². The third-order valence-electron chi connectivity index (χ3n) is 5.44. The van der Waals surface area contributed by atoms with Gasteiger partial charge in [0, 0.05) is 16.5 Å². The zero-order chi connectivity index (χ0) is 21.1. The molecule has 7 heteroatoms. The molecule has 0 saturated carbocycles. The predicted octanol–water partition coefficient (Wildman–Crippen LogP) is 1.78. The van der Waals surface area contributed by atoms with Crippen molar-refractivity contribution in [1.29, 1.82) is 0 Å². The van der Waals surface area contributed by atoms with Crippen molar-refractivity contribution in [2.75, 3.05) is 0 Å². The van der Waals surface area contributed by atoms with Crippen molar-refractivity contribution in [2.45, 2.75) is 71.4 Å². The van der Waals surface area contributed by atoms with E-state index in [9.17, 15) is 19.5 Å². The van der Waals surface area contributed by atoms with Crippen LogP contribution in [0.5, 0.6) is 5.75 Å². The highest BCUT2D eigenvalue weighted by Crippen LogP contribution is 2.32. The van der Waals surface area contributed by atoms with E-state index in [0.29, 0.717) is 23.3 Å². The Morgan fingerprint density at radius 1 is 1.24 bits per heavy atom. The van der Waals surface area contributed by atoms with Crippen LogP contribution in [0.15, 0.2) is 21.3 Å². The number of aryl methyl sites for hydroxylation is 2. The van der Waals surface area contributed by atoms with Gasteiger partial charge in [0.25, 0.3) is 5.91 Å². The van der Waals surface area contributed by atoms with E-state index in [0.717, 1.165) is 42.2 Å². The maximum Gasteiger partial charge on any atom is 0.339 e. The topological polar surface area (TPSA) is 109 Å². The second kappa shape index (κ2) is 8.68. The first-order chi connectivity index (χ1) is 13.8. The molecule has 2 atom stereocenters. The van der Waals surface area contributed by atoms with Gasteiger partial charge in [-0.05, 0) is 63.6 Å². The van der Waals surface area contributed by atoms with Crippen LogP contribution in [0.1, 0.15) is 56.2 Å². The van der Waals surface area contributed by atoms with Gasteiger partial charge in [0.05, 0.1) is 12.0 Å². The maximum absolute atomic E-state index is 12.4. The van der Waals surface area contributed by atoms with E-state index >= 15 is 0 Å². The first-order valence-electron chi connectivity index (χ1n) is 10.1. The quantitative estimate of drug-likeness (QED) is 0.710. The summed E-state index contributed by atoms with van der Waals surface area (Å²) < 4.78 is 11.3. The van der Waals surface area contributed by atoms with E-state index in [4.69, 9.17) is 9.15 Å². The Balaban J connectivity index is 1.85. The fourth-order valence-corrected chi connectivity index (χ4v) is 3.82. The number of ether oxygens (including phenoxy) is 1. The predicted molar refractivity (Wildman–Crippen MR) is 106 cm³/mol. The van der Waals surface area contributed by atoms with Crippen molar-refractivity contribution in [3.8, 4) is 5.75 Å². The van der Waals surface area contributed by atoms with Crippen molar-refractivity contribution >= 4 is 22.8 Å². The molecule has 0 aliphatic heterocycles. The van der Waals surface area contributed by atoms with Gasteiger partial charge in [-0.2, -0.15) is 0 Å². The summed E-state index contributed by atoms with van der Waals surface area (Å²) in [6.07, 6.45) is 3.57. The van der Waals surface area contributed by atoms with Gasteiger partial charge in [0.2, 0.25) is 0 Å². The molecule has 7 nitrogen and oxygen atoms in total. The number of fused-ring (bicyclic) bond motifs is 3. The number of amides is 1. The zero-order valence-electron chi connectivity index (χ0n) is 17.0. The van der Waals surface area contributed by atoms with Gasteiger partial charge in [-0.25, -0.2) is 4.79 Å². The molecule has 1 amide bonds. The molecule has 1 aromatic carbocycles. The molecule has 1 N–H and O–H groups in total. The number of nitrogens with one attached hydrogen (secondary N) is 1. The van der Waals surface area contributed by atoms with E-state index in [1.54, 1.807) is 19.9 Å². The summed E-state index contributed by atoms with van der Waals surface area (Å²) in [4.78, 5) is 35.9. The minimum atomic E-state index is -1.32. The molecule has 0 unspecified atom stereocenters. The van der Waals surface area contributed by atoms with Crippen LogP contribution in [0.25, 0.3) is 11.0 Å². The van der Waals surface area contributed by atoms with E-state index in [1.807, 2.05) is 13.0 Å². The van der Waals surface area contributed by atoms with E-state index < -0.39 is 24.0 Å². The van der Waals surface area contributed by atoms with Crippen LogP contribution in [0, 0.1) is 6.92 Å². The van der Waals surface area contributed by atoms with Gasteiger partial charge < -0.3 is 24.4 Å². The molecular weight excluding hydrogens is 374 g/mol. The Morgan fingerprint density at radius 3 is 2.59 bits per heavy atom. The summed E-state index contributed by atoms with van der Waals surface area (Å²) in [5, 5.41) is 14.5. The van der Waals surface area contributed by atoms with Crippen LogP contribution >= 0.6 is 0 Å². The molecule has 0 bridgehead atoms. The molecule has 2 aromatic rings. The van der Waals surface area contributed by atoms with Gasteiger partial charge in [-0.15, -0.1) is 0 Å². The smallest absolute Gasteiger partial charge is 0.339 e. The Hall–Kier alpha value is -2.83. The summed E-state index contributed by atoms with van der Waals surface area (Å²) in [6, 6.07) is 2.57. The Kier molecular flexibility index (Phi) is 6.25. The third-order valence-corrected chi connectivity index (χ3v) is 5.44. The van der Waals surface area contributed by atoms with Gasteiger partial charge in [-0.3, -0.25) is 4.79 Å². The number of benzene rings is 1. The highest BCUT2D eigenvalue weighted by Gasteiger charge is 2.23. The van der Waals surface area contributed by atoms with Crippen LogP contribution in [-0.4, -0.2) is 24.0 Å². The lowest BCUT2D eigenvalue weighted by Crippen LogP contribution is -2.51. The van der Waals surface area contributed by atoms with Crippen molar-refractivity contribution in [2.24, 2.45) is 0 Å². The Labute approximate surface area is 169 Å². The number of carboxylic acids is 1. The van der Waals surface area contributed by atoms with Crippen molar-refractivity contribution in [3.05, 3.63) is 39.2 Å². The lowest BCUT2D eigenvalue weighted by Gasteiger charge is -2.23. The summed E-state index contributed by atoms with van der Waals surface area (Å²) in [5.41, 5.74) is 2.60. The molecule has 1 heterocycles. The molecule has 1 aliphatic rings. The number of carbonyl (C=O) groups is 2. The van der Waals surface area contributed by atoms with E-state index in [-0.39, 0.29) is 12.0 Å². The molecule has 3 rings (SSSR count). The van der Waals surface area contributed by atoms with Crippen molar-refractivity contribution in [1.82, 2.24) is 5.32 Å². The average molecular weight is 400 g/mol. The SMILES string of the molecule is CCC[C@H](NC(=O)[C@H](C)Oc1ccc2c3c(c(=O)oc2c1C)CCCC3)C(=O)[O-]. The monoisotopic (exact) mass is 400 g/mol. The summed E-state index contributed by atoms with van der Waals surface area (Å²) >= 11 is 0. The molecule has 29 heavy (non-hydrogen) atoms. The second-order valence-corrected chi connectivity index (χ2v) is 7.55. The molecule has 0 fully saturated rings. The lowest BCUT2D eigenvalue weighted by atomic mass is 9.90. The van der Waals surface area contributed by atoms with E-state index in [1.165, 1.54) is 0 Å². The van der Waals surface area contributed by atoms with Crippen molar-refractivity contribution < 1.29 is 23.8 Å². The number of carbonyl (C=O) groups excluding carboxylic acids is 2. The zero-order valence-corrected chi connectivity index (χ0v) is 17.0. The molecule has 156 valence electrons. The molecule has 0 spiro atoms. The van der Waals surface area contributed by atoms with Crippen LogP contribution in [0.4, 0.5) is 0 Å². The summed E-state index contributed by atoms with van der Waals surface area (Å²) in [5.74, 6) is -1.44. The first-order valence-corrected chi connectivity index (χ1v) is 10.1. The van der Waals surface area contributed by atoms with Crippen LogP contribution in [0.2, 0.25) is 0 Å².